The summed E-state index contributed by atoms with van der Waals surface area (Å²) in [5.41, 5.74) is 2.59. The Hall–Kier alpha value is -1.82. The normalized spacial score (nSPS) is 22.4. The van der Waals surface area contributed by atoms with Crippen molar-refractivity contribution in [3.63, 3.8) is 0 Å². The Morgan fingerprint density at radius 2 is 1.50 bits per heavy atom. The molecule has 0 saturated carbocycles. The summed E-state index contributed by atoms with van der Waals surface area (Å²) in [5, 5.41) is 0. The summed E-state index contributed by atoms with van der Waals surface area (Å²) in [5.74, 6) is 0.848. The SMILES string of the molecule is c1ccc(CN2CCN(Cc3cnc([C@@H]4CCCCO4)nc3)CC2)cc1. The van der Waals surface area contributed by atoms with E-state index in [2.05, 4.69) is 50.1 Å². The fraction of sp³-hybridized carbons (Fsp3) is 0.524. The molecule has 0 spiro atoms. The lowest BCUT2D eigenvalue weighted by molar-refractivity contribution is 0.00937. The van der Waals surface area contributed by atoms with Crippen molar-refractivity contribution in [3.8, 4) is 0 Å². The second-order valence-electron chi connectivity index (χ2n) is 7.34. The second kappa shape index (κ2) is 8.71. The van der Waals surface area contributed by atoms with Crippen molar-refractivity contribution in [3.05, 3.63) is 59.7 Å². The third kappa shape index (κ3) is 4.67. The van der Waals surface area contributed by atoms with Gasteiger partial charge in [0.05, 0.1) is 0 Å². The standard InChI is InChI=1S/C21H28N4O/c1-2-6-18(7-3-1)16-24-9-11-25(12-10-24)17-19-14-22-21(23-15-19)20-8-4-5-13-26-20/h1-3,6-7,14-15,20H,4-5,8-13,16-17H2/t20-/m0/s1. The molecule has 138 valence electrons. The van der Waals surface area contributed by atoms with Crippen LogP contribution in [0.25, 0.3) is 0 Å². The zero-order valence-corrected chi connectivity index (χ0v) is 15.4. The molecule has 0 bridgehead atoms. The zero-order chi connectivity index (χ0) is 17.6. The largest absolute Gasteiger partial charge is 0.370 e. The van der Waals surface area contributed by atoms with Gasteiger partial charge in [-0.3, -0.25) is 9.80 Å². The van der Waals surface area contributed by atoms with E-state index in [0.29, 0.717) is 0 Å². The van der Waals surface area contributed by atoms with E-state index in [1.807, 2.05) is 12.4 Å². The fourth-order valence-corrected chi connectivity index (χ4v) is 3.76. The molecule has 2 saturated heterocycles. The van der Waals surface area contributed by atoms with Crippen LogP contribution in [0.15, 0.2) is 42.7 Å². The lowest BCUT2D eigenvalue weighted by atomic mass is 10.1. The molecule has 4 rings (SSSR count). The van der Waals surface area contributed by atoms with Crippen LogP contribution < -0.4 is 0 Å². The summed E-state index contributed by atoms with van der Waals surface area (Å²) >= 11 is 0. The topological polar surface area (TPSA) is 41.5 Å². The maximum Gasteiger partial charge on any atom is 0.157 e. The molecule has 3 heterocycles. The van der Waals surface area contributed by atoms with Gasteiger partial charge < -0.3 is 4.74 Å². The van der Waals surface area contributed by atoms with Crippen LogP contribution in [0.4, 0.5) is 0 Å². The van der Waals surface area contributed by atoms with Gasteiger partial charge in [-0.05, 0) is 24.8 Å². The van der Waals surface area contributed by atoms with Crippen LogP contribution in [0.3, 0.4) is 0 Å². The minimum atomic E-state index is 0.0966. The number of rotatable bonds is 5. The van der Waals surface area contributed by atoms with Crippen LogP contribution in [0.2, 0.25) is 0 Å². The number of nitrogens with zero attached hydrogens (tertiary/aromatic N) is 4. The van der Waals surface area contributed by atoms with Gasteiger partial charge in [0.15, 0.2) is 5.82 Å². The highest BCUT2D eigenvalue weighted by molar-refractivity contribution is 5.14. The molecular formula is C21H28N4O. The van der Waals surface area contributed by atoms with Crippen molar-refractivity contribution in [2.75, 3.05) is 32.8 Å². The molecule has 26 heavy (non-hydrogen) atoms. The van der Waals surface area contributed by atoms with Gasteiger partial charge in [-0.15, -0.1) is 0 Å². The summed E-state index contributed by atoms with van der Waals surface area (Å²) in [6, 6.07) is 10.7. The molecule has 1 atom stereocenters. The first-order chi connectivity index (χ1) is 12.9. The van der Waals surface area contributed by atoms with Gasteiger partial charge in [0, 0.05) is 63.8 Å². The molecule has 2 aromatic rings. The van der Waals surface area contributed by atoms with Crippen LogP contribution >= 0.6 is 0 Å². The Kier molecular flexibility index (Phi) is 5.89. The molecule has 0 radical (unpaired) electrons. The molecular weight excluding hydrogens is 324 g/mol. The number of benzene rings is 1. The van der Waals surface area contributed by atoms with Crippen molar-refractivity contribution in [1.29, 1.82) is 0 Å². The molecule has 5 nitrogen and oxygen atoms in total. The Labute approximate surface area is 156 Å². The van der Waals surface area contributed by atoms with E-state index in [4.69, 9.17) is 4.74 Å². The maximum absolute atomic E-state index is 5.77. The van der Waals surface area contributed by atoms with Crippen molar-refractivity contribution >= 4 is 0 Å². The summed E-state index contributed by atoms with van der Waals surface area (Å²) in [7, 11) is 0. The van der Waals surface area contributed by atoms with Crippen LogP contribution in [-0.4, -0.2) is 52.6 Å². The predicted octanol–water partition coefficient (Wildman–Crippen LogP) is 3.04. The Balaban J connectivity index is 1.25. The molecule has 2 aliphatic heterocycles. The molecule has 2 aliphatic rings. The quantitative estimate of drug-likeness (QED) is 0.827. The zero-order valence-electron chi connectivity index (χ0n) is 15.4. The average Bonchev–Trinajstić information content (AvgIpc) is 2.72. The molecule has 0 amide bonds. The molecule has 0 aliphatic carbocycles. The third-order valence-electron chi connectivity index (χ3n) is 5.31. The summed E-state index contributed by atoms with van der Waals surface area (Å²) in [4.78, 5) is 14.2. The Morgan fingerprint density at radius 1 is 0.846 bits per heavy atom. The van der Waals surface area contributed by atoms with Crippen LogP contribution in [0, 0.1) is 0 Å². The van der Waals surface area contributed by atoms with Crippen molar-refractivity contribution in [1.82, 2.24) is 19.8 Å². The lowest BCUT2D eigenvalue weighted by Gasteiger charge is -2.34. The summed E-state index contributed by atoms with van der Waals surface area (Å²) in [6.07, 6.45) is 7.48. The first-order valence-electron chi connectivity index (χ1n) is 9.78. The van der Waals surface area contributed by atoms with Gasteiger partial charge >= 0.3 is 0 Å². The second-order valence-corrected chi connectivity index (χ2v) is 7.34. The van der Waals surface area contributed by atoms with Crippen LogP contribution in [0.5, 0.6) is 0 Å². The number of aromatic nitrogens is 2. The minimum absolute atomic E-state index is 0.0966. The van der Waals surface area contributed by atoms with Gasteiger partial charge in [0.2, 0.25) is 0 Å². The van der Waals surface area contributed by atoms with E-state index in [1.165, 1.54) is 17.5 Å². The van der Waals surface area contributed by atoms with E-state index in [9.17, 15) is 0 Å². The number of ether oxygens (including phenoxy) is 1. The predicted molar refractivity (Wildman–Crippen MR) is 102 cm³/mol. The van der Waals surface area contributed by atoms with E-state index in [-0.39, 0.29) is 6.10 Å². The Bertz CT molecular complexity index is 662. The molecule has 0 N–H and O–H groups in total. The van der Waals surface area contributed by atoms with Gasteiger partial charge in [-0.25, -0.2) is 9.97 Å². The summed E-state index contributed by atoms with van der Waals surface area (Å²) < 4.78 is 5.77. The van der Waals surface area contributed by atoms with E-state index >= 15 is 0 Å². The van der Waals surface area contributed by atoms with Gasteiger partial charge in [0.25, 0.3) is 0 Å². The monoisotopic (exact) mass is 352 g/mol. The smallest absolute Gasteiger partial charge is 0.157 e. The van der Waals surface area contributed by atoms with Gasteiger partial charge in [0.1, 0.15) is 6.10 Å². The fourth-order valence-electron chi connectivity index (χ4n) is 3.76. The van der Waals surface area contributed by atoms with E-state index < -0.39 is 0 Å². The molecule has 0 unspecified atom stereocenters. The minimum Gasteiger partial charge on any atom is -0.370 e. The van der Waals surface area contributed by atoms with Gasteiger partial charge in [-0.2, -0.15) is 0 Å². The third-order valence-corrected chi connectivity index (χ3v) is 5.31. The molecule has 5 heteroatoms. The number of hydrogen-bond acceptors (Lipinski definition) is 5. The maximum atomic E-state index is 5.77. The number of piperazine rings is 1. The average molecular weight is 352 g/mol. The van der Waals surface area contributed by atoms with Gasteiger partial charge in [-0.1, -0.05) is 30.3 Å². The molecule has 1 aromatic carbocycles. The highest BCUT2D eigenvalue weighted by atomic mass is 16.5. The first-order valence-corrected chi connectivity index (χ1v) is 9.78. The van der Waals surface area contributed by atoms with E-state index in [0.717, 1.165) is 64.5 Å². The summed E-state index contributed by atoms with van der Waals surface area (Å²) in [6.45, 7) is 7.25. The molecule has 1 aromatic heterocycles. The number of hydrogen-bond donors (Lipinski definition) is 0. The molecule has 2 fully saturated rings. The Morgan fingerprint density at radius 3 is 2.12 bits per heavy atom. The van der Waals surface area contributed by atoms with Crippen molar-refractivity contribution in [2.45, 2.75) is 38.5 Å². The van der Waals surface area contributed by atoms with Crippen molar-refractivity contribution < 1.29 is 4.74 Å². The van der Waals surface area contributed by atoms with Crippen LogP contribution in [0.1, 0.15) is 42.3 Å². The lowest BCUT2D eigenvalue weighted by Crippen LogP contribution is -2.45. The first kappa shape index (κ1) is 17.6. The van der Waals surface area contributed by atoms with Crippen LogP contribution in [-0.2, 0) is 17.8 Å². The highest BCUT2D eigenvalue weighted by Gasteiger charge is 2.20. The van der Waals surface area contributed by atoms with E-state index in [1.54, 1.807) is 0 Å². The van der Waals surface area contributed by atoms with Crippen molar-refractivity contribution in [2.24, 2.45) is 0 Å². The highest BCUT2D eigenvalue weighted by Crippen LogP contribution is 2.25.